The Morgan fingerprint density at radius 3 is 2.60 bits per heavy atom. The lowest BCUT2D eigenvalue weighted by atomic mass is 10.3. The third-order valence-corrected chi connectivity index (χ3v) is 4.36. The number of thioether (sulfide) groups is 1. The van der Waals surface area contributed by atoms with Crippen LogP contribution >= 0.6 is 23.4 Å². The molecule has 7 heteroatoms. The molecule has 2 heterocycles. The molecule has 0 radical (unpaired) electrons. The normalized spacial score (nSPS) is 15.2. The zero-order chi connectivity index (χ0) is 14.1. The molecule has 0 bridgehead atoms. The number of hydrogen-bond donors (Lipinski definition) is 0. The summed E-state index contributed by atoms with van der Waals surface area (Å²) in [6.07, 6.45) is 0. The van der Waals surface area contributed by atoms with Gasteiger partial charge in [-0.1, -0.05) is 16.8 Å². The summed E-state index contributed by atoms with van der Waals surface area (Å²) in [5, 5.41) is 4.43. The molecule has 20 heavy (non-hydrogen) atoms. The number of halogens is 1. The molecule has 0 amide bonds. The van der Waals surface area contributed by atoms with Crippen LogP contribution in [0.5, 0.6) is 11.5 Å². The van der Waals surface area contributed by atoms with Crippen LogP contribution in [0.1, 0.15) is 23.9 Å². The third kappa shape index (κ3) is 2.71. The summed E-state index contributed by atoms with van der Waals surface area (Å²) in [5.74, 6) is 2.61. The van der Waals surface area contributed by atoms with Gasteiger partial charge in [-0.25, -0.2) is 0 Å². The standard InChI is InChI=1S/C13H13ClN2O3S/c1-7(13-15-8(2)16-19-13)20-12-6-11-10(5-9(12)14)17-3-4-18-11/h5-7H,3-4H2,1-2H3. The maximum atomic E-state index is 6.27. The molecule has 1 unspecified atom stereocenters. The lowest BCUT2D eigenvalue weighted by Gasteiger charge is -2.20. The Hall–Kier alpha value is -1.40. The van der Waals surface area contributed by atoms with Gasteiger partial charge in [-0.15, -0.1) is 11.8 Å². The van der Waals surface area contributed by atoms with Crippen LogP contribution in [0.4, 0.5) is 0 Å². The molecule has 1 aliphatic heterocycles. The minimum Gasteiger partial charge on any atom is -0.486 e. The second-order valence-corrected chi connectivity index (χ2v) is 6.16. The SMILES string of the molecule is Cc1noc(C(C)Sc2cc3c(cc2Cl)OCCO3)n1. The van der Waals surface area contributed by atoms with Gasteiger partial charge in [0, 0.05) is 11.0 Å². The van der Waals surface area contributed by atoms with Crippen molar-refractivity contribution >= 4 is 23.4 Å². The van der Waals surface area contributed by atoms with Crippen molar-refractivity contribution in [3.05, 3.63) is 28.9 Å². The smallest absolute Gasteiger partial charge is 0.239 e. The summed E-state index contributed by atoms with van der Waals surface area (Å²) in [7, 11) is 0. The van der Waals surface area contributed by atoms with Gasteiger partial charge in [-0.2, -0.15) is 4.98 Å². The maximum absolute atomic E-state index is 6.27. The van der Waals surface area contributed by atoms with Gasteiger partial charge < -0.3 is 14.0 Å². The fraction of sp³-hybridized carbons (Fsp3) is 0.385. The first-order valence-corrected chi connectivity index (χ1v) is 7.45. The van der Waals surface area contributed by atoms with Gasteiger partial charge in [0.15, 0.2) is 17.3 Å². The number of aromatic nitrogens is 2. The van der Waals surface area contributed by atoms with Crippen molar-refractivity contribution < 1.29 is 14.0 Å². The highest BCUT2D eigenvalue weighted by Gasteiger charge is 2.20. The Bertz CT molecular complexity index is 632. The van der Waals surface area contributed by atoms with Gasteiger partial charge in [0.05, 0.1) is 10.3 Å². The average Bonchev–Trinajstić information content (AvgIpc) is 2.86. The van der Waals surface area contributed by atoms with Crippen LogP contribution < -0.4 is 9.47 Å². The summed E-state index contributed by atoms with van der Waals surface area (Å²) in [6, 6.07) is 3.67. The Balaban J connectivity index is 1.83. The fourth-order valence-corrected chi connectivity index (χ4v) is 3.07. The Labute approximate surface area is 125 Å². The predicted octanol–water partition coefficient (Wildman–Crippen LogP) is 3.66. The summed E-state index contributed by atoms with van der Waals surface area (Å²) >= 11 is 7.82. The number of nitrogens with zero attached hydrogens (tertiary/aromatic N) is 2. The molecule has 3 rings (SSSR count). The molecular formula is C13H13ClN2O3S. The van der Waals surface area contributed by atoms with Gasteiger partial charge in [0.2, 0.25) is 5.89 Å². The van der Waals surface area contributed by atoms with Crippen molar-refractivity contribution in [2.75, 3.05) is 13.2 Å². The van der Waals surface area contributed by atoms with E-state index in [0.29, 0.717) is 35.7 Å². The van der Waals surface area contributed by atoms with Crippen LogP contribution in [0, 0.1) is 6.92 Å². The van der Waals surface area contributed by atoms with Gasteiger partial charge in [-0.05, 0) is 19.9 Å². The number of benzene rings is 1. The van der Waals surface area contributed by atoms with Crippen LogP contribution in [-0.2, 0) is 0 Å². The molecule has 106 valence electrons. The Kier molecular flexibility index (Phi) is 3.76. The van der Waals surface area contributed by atoms with E-state index in [1.54, 1.807) is 24.8 Å². The topological polar surface area (TPSA) is 57.4 Å². The number of rotatable bonds is 3. The molecule has 0 saturated heterocycles. The van der Waals surface area contributed by atoms with E-state index in [1.165, 1.54) is 0 Å². The molecule has 0 spiro atoms. The van der Waals surface area contributed by atoms with Crippen LogP contribution in [0.15, 0.2) is 21.6 Å². The zero-order valence-corrected chi connectivity index (χ0v) is 12.6. The molecular weight excluding hydrogens is 300 g/mol. The third-order valence-electron chi connectivity index (χ3n) is 2.79. The van der Waals surface area contributed by atoms with Crippen LogP contribution in [0.3, 0.4) is 0 Å². The van der Waals surface area contributed by atoms with Crippen molar-refractivity contribution in [2.45, 2.75) is 24.0 Å². The summed E-state index contributed by atoms with van der Waals surface area (Å²) in [4.78, 5) is 5.13. The van der Waals surface area contributed by atoms with Gasteiger partial charge >= 0.3 is 0 Å². The highest BCUT2D eigenvalue weighted by atomic mass is 35.5. The van der Waals surface area contributed by atoms with Gasteiger partial charge in [-0.3, -0.25) is 0 Å². The highest BCUT2D eigenvalue weighted by Crippen LogP contribution is 2.43. The van der Waals surface area contributed by atoms with E-state index in [4.69, 9.17) is 25.6 Å². The quantitative estimate of drug-likeness (QED) is 0.806. The lowest BCUT2D eigenvalue weighted by molar-refractivity contribution is 0.171. The number of hydrogen-bond acceptors (Lipinski definition) is 6. The average molecular weight is 313 g/mol. The van der Waals surface area contributed by atoms with E-state index in [-0.39, 0.29) is 5.25 Å². The van der Waals surface area contributed by atoms with Crippen molar-refractivity contribution in [1.29, 1.82) is 0 Å². The van der Waals surface area contributed by atoms with E-state index in [9.17, 15) is 0 Å². The predicted molar refractivity (Wildman–Crippen MR) is 75.7 cm³/mol. The summed E-state index contributed by atoms with van der Waals surface area (Å²) in [5.41, 5.74) is 0. The number of aryl methyl sites for hydroxylation is 1. The van der Waals surface area contributed by atoms with E-state index in [1.807, 2.05) is 13.0 Å². The molecule has 0 saturated carbocycles. The molecule has 0 fully saturated rings. The number of fused-ring (bicyclic) bond motifs is 1. The molecule has 1 atom stereocenters. The monoisotopic (exact) mass is 312 g/mol. The van der Waals surface area contributed by atoms with Gasteiger partial charge in [0.25, 0.3) is 0 Å². The fourth-order valence-electron chi connectivity index (χ4n) is 1.85. The van der Waals surface area contributed by atoms with E-state index >= 15 is 0 Å². The highest BCUT2D eigenvalue weighted by molar-refractivity contribution is 7.99. The molecule has 2 aromatic rings. The molecule has 0 N–H and O–H groups in total. The van der Waals surface area contributed by atoms with Gasteiger partial charge in [0.1, 0.15) is 13.2 Å². The minimum atomic E-state index is 0.0104. The van der Waals surface area contributed by atoms with Crippen LogP contribution in [-0.4, -0.2) is 23.4 Å². The maximum Gasteiger partial charge on any atom is 0.239 e. The molecule has 1 aromatic heterocycles. The van der Waals surface area contributed by atoms with E-state index < -0.39 is 0 Å². The van der Waals surface area contributed by atoms with Crippen LogP contribution in [0.2, 0.25) is 5.02 Å². The lowest BCUT2D eigenvalue weighted by Crippen LogP contribution is -2.15. The van der Waals surface area contributed by atoms with Crippen molar-refractivity contribution in [2.24, 2.45) is 0 Å². The first-order chi connectivity index (χ1) is 9.63. The second-order valence-electron chi connectivity index (χ2n) is 4.37. The van der Waals surface area contributed by atoms with E-state index in [0.717, 1.165) is 10.6 Å². The molecule has 1 aliphatic rings. The summed E-state index contributed by atoms with van der Waals surface area (Å²) < 4.78 is 16.2. The van der Waals surface area contributed by atoms with Crippen LogP contribution in [0.25, 0.3) is 0 Å². The largest absolute Gasteiger partial charge is 0.486 e. The number of ether oxygens (including phenoxy) is 2. The first kappa shape index (κ1) is 13.6. The van der Waals surface area contributed by atoms with Crippen molar-refractivity contribution in [3.63, 3.8) is 0 Å². The Morgan fingerprint density at radius 2 is 1.95 bits per heavy atom. The van der Waals surface area contributed by atoms with Crippen molar-refractivity contribution in [3.8, 4) is 11.5 Å². The first-order valence-electron chi connectivity index (χ1n) is 6.19. The summed E-state index contributed by atoms with van der Waals surface area (Å²) in [6.45, 7) is 4.89. The molecule has 5 nitrogen and oxygen atoms in total. The molecule has 1 aromatic carbocycles. The second kappa shape index (κ2) is 5.54. The Morgan fingerprint density at radius 1 is 1.25 bits per heavy atom. The zero-order valence-electron chi connectivity index (χ0n) is 11.1. The molecule has 0 aliphatic carbocycles. The minimum absolute atomic E-state index is 0.0104. The van der Waals surface area contributed by atoms with E-state index in [2.05, 4.69) is 10.1 Å². The van der Waals surface area contributed by atoms with Crippen molar-refractivity contribution in [1.82, 2.24) is 10.1 Å².